The minimum absolute atomic E-state index is 0.0533. The molecule has 3 unspecified atom stereocenters. The minimum atomic E-state index is -0.817. The summed E-state index contributed by atoms with van der Waals surface area (Å²) >= 11 is 1.87. The molecule has 0 heterocycles. The van der Waals surface area contributed by atoms with Crippen LogP contribution in [-0.2, 0) is 9.59 Å². The van der Waals surface area contributed by atoms with Crippen molar-refractivity contribution in [2.75, 3.05) is 18.6 Å². The largest absolute Gasteiger partial charge is 0.481 e. The number of carboxylic acids is 1. The van der Waals surface area contributed by atoms with Crippen molar-refractivity contribution in [2.24, 2.45) is 17.8 Å². The van der Waals surface area contributed by atoms with Gasteiger partial charge in [-0.15, -0.1) is 0 Å². The maximum atomic E-state index is 12.2. The van der Waals surface area contributed by atoms with Crippen molar-refractivity contribution in [2.45, 2.75) is 51.9 Å². The third kappa shape index (κ3) is 6.29. The van der Waals surface area contributed by atoms with E-state index in [1.54, 1.807) is 0 Å². The van der Waals surface area contributed by atoms with Gasteiger partial charge in [0.2, 0.25) is 5.91 Å². The minimum Gasteiger partial charge on any atom is -0.481 e. The van der Waals surface area contributed by atoms with Crippen molar-refractivity contribution in [3.05, 3.63) is 0 Å². The van der Waals surface area contributed by atoms with Gasteiger partial charge in [0.1, 0.15) is 0 Å². The van der Waals surface area contributed by atoms with Gasteiger partial charge in [0.25, 0.3) is 0 Å². The van der Waals surface area contributed by atoms with E-state index in [0.717, 1.165) is 25.7 Å². The maximum Gasteiger partial charge on any atom is 0.307 e. The summed E-state index contributed by atoms with van der Waals surface area (Å²) in [6.07, 6.45) is 9.01. The smallest absolute Gasteiger partial charge is 0.307 e. The predicted molar refractivity (Wildman–Crippen MR) is 87.5 cm³/mol. The van der Waals surface area contributed by atoms with Crippen LogP contribution in [-0.4, -0.2) is 35.5 Å². The van der Waals surface area contributed by atoms with Crippen molar-refractivity contribution in [1.82, 2.24) is 5.32 Å². The molecule has 0 spiro atoms. The van der Waals surface area contributed by atoms with Crippen molar-refractivity contribution >= 4 is 23.6 Å². The Balaban J connectivity index is 2.25. The number of carbonyl (C=O) groups excluding carboxylic acids is 1. The van der Waals surface area contributed by atoms with Crippen molar-refractivity contribution in [3.63, 3.8) is 0 Å². The molecule has 0 saturated heterocycles. The Bertz CT molecular complexity index is 335. The van der Waals surface area contributed by atoms with E-state index in [4.69, 9.17) is 0 Å². The lowest BCUT2D eigenvalue weighted by molar-refractivity contribution is -0.146. The zero-order valence-corrected chi connectivity index (χ0v) is 14.1. The van der Waals surface area contributed by atoms with Crippen LogP contribution in [0.4, 0.5) is 0 Å². The molecule has 1 aliphatic carbocycles. The second-order valence-electron chi connectivity index (χ2n) is 5.99. The van der Waals surface area contributed by atoms with E-state index in [1.165, 1.54) is 18.6 Å². The quantitative estimate of drug-likeness (QED) is 0.608. The Labute approximate surface area is 132 Å². The molecule has 2 N–H and O–H groups in total. The molecule has 0 bridgehead atoms. The highest BCUT2D eigenvalue weighted by Gasteiger charge is 2.41. The van der Waals surface area contributed by atoms with Crippen molar-refractivity contribution in [1.29, 1.82) is 0 Å². The molecule has 0 aliphatic heterocycles. The Morgan fingerprint density at radius 1 is 1.14 bits per heavy atom. The number of carbonyl (C=O) groups is 2. The normalized spacial score (nSPS) is 25.0. The van der Waals surface area contributed by atoms with Gasteiger partial charge in [-0.3, -0.25) is 9.59 Å². The van der Waals surface area contributed by atoms with Crippen LogP contribution in [0.25, 0.3) is 0 Å². The molecule has 21 heavy (non-hydrogen) atoms. The van der Waals surface area contributed by atoms with Crippen LogP contribution < -0.4 is 5.32 Å². The Morgan fingerprint density at radius 3 is 2.43 bits per heavy atom. The van der Waals surface area contributed by atoms with Crippen LogP contribution >= 0.6 is 11.8 Å². The van der Waals surface area contributed by atoms with E-state index in [0.29, 0.717) is 18.9 Å². The van der Waals surface area contributed by atoms with Crippen LogP contribution in [0.2, 0.25) is 0 Å². The van der Waals surface area contributed by atoms with Gasteiger partial charge in [-0.05, 0) is 43.6 Å². The third-order valence-corrected chi connectivity index (χ3v) is 5.16. The number of hydrogen-bond acceptors (Lipinski definition) is 3. The second kappa shape index (κ2) is 10.1. The Hall–Kier alpha value is -0.710. The molecular weight excluding hydrogens is 286 g/mol. The Morgan fingerprint density at radius 2 is 1.81 bits per heavy atom. The summed E-state index contributed by atoms with van der Waals surface area (Å²) in [4.78, 5) is 23.5. The zero-order valence-electron chi connectivity index (χ0n) is 13.3. The van der Waals surface area contributed by atoms with E-state index in [1.807, 2.05) is 11.8 Å². The molecule has 0 radical (unpaired) electrons. The van der Waals surface area contributed by atoms with E-state index < -0.39 is 11.9 Å². The molecule has 0 aromatic rings. The summed E-state index contributed by atoms with van der Waals surface area (Å²) in [5, 5.41) is 12.2. The molecular formula is C16H29NO3S. The third-order valence-electron chi connectivity index (χ3n) is 4.47. The van der Waals surface area contributed by atoms with Gasteiger partial charge in [-0.2, -0.15) is 11.8 Å². The molecule has 4 nitrogen and oxygen atoms in total. The van der Waals surface area contributed by atoms with Gasteiger partial charge >= 0.3 is 5.97 Å². The summed E-state index contributed by atoms with van der Waals surface area (Å²) in [5.74, 6) is -0.105. The molecule has 1 saturated carbocycles. The number of thioether (sulfide) groups is 1. The highest BCUT2D eigenvalue weighted by atomic mass is 32.2. The first kappa shape index (κ1) is 18.3. The first-order chi connectivity index (χ1) is 10.1. The summed E-state index contributed by atoms with van der Waals surface area (Å²) in [7, 11) is 0. The Kier molecular flexibility index (Phi) is 8.81. The second-order valence-corrected chi connectivity index (χ2v) is 6.98. The van der Waals surface area contributed by atoms with Crippen LogP contribution in [0.1, 0.15) is 51.9 Å². The molecule has 1 rings (SSSR count). The van der Waals surface area contributed by atoms with Gasteiger partial charge in [-0.25, -0.2) is 0 Å². The highest BCUT2D eigenvalue weighted by Crippen LogP contribution is 2.38. The lowest BCUT2D eigenvalue weighted by Gasteiger charge is -2.15. The summed E-state index contributed by atoms with van der Waals surface area (Å²) in [6.45, 7) is 2.75. The summed E-state index contributed by atoms with van der Waals surface area (Å²) in [6, 6.07) is 0. The molecule has 5 heteroatoms. The van der Waals surface area contributed by atoms with Crippen LogP contribution in [0.3, 0.4) is 0 Å². The molecule has 1 aliphatic rings. The highest BCUT2D eigenvalue weighted by molar-refractivity contribution is 7.98. The van der Waals surface area contributed by atoms with E-state index in [-0.39, 0.29) is 11.8 Å². The lowest BCUT2D eigenvalue weighted by atomic mass is 9.95. The van der Waals surface area contributed by atoms with Crippen LogP contribution in [0.5, 0.6) is 0 Å². The molecule has 1 amide bonds. The van der Waals surface area contributed by atoms with Gasteiger partial charge in [-0.1, -0.05) is 26.2 Å². The SMILES string of the molecule is CCC1CC(C(=O)O)C(C(=O)NCCCCCCSC)C1. The number of rotatable bonds is 10. The standard InChI is InChI=1S/C16H29NO3S/c1-3-12-10-13(14(11-12)16(19)20)15(18)17-8-6-4-5-7-9-21-2/h12-14H,3-11H2,1-2H3,(H,17,18)(H,19,20). The number of hydrogen-bond donors (Lipinski definition) is 2. The van der Waals surface area contributed by atoms with Crippen LogP contribution in [0, 0.1) is 17.8 Å². The number of carboxylic acid groups (broad SMARTS) is 1. The average molecular weight is 315 g/mol. The molecule has 3 atom stereocenters. The average Bonchev–Trinajstić information content (AvgIpc) is 2.90. The number of aliphatic carboxylic acids is 1. The number of nitrogens with one attached hydrogen (secondary N) is 1. The fourth-order valence-corrected chi connectivity index (χ4v) is 3.60. The van der Waals surface area contributed by atoms with Crippen molar-refractivity contribution in [3.8, 4) is 0 Å². The van der Waals surface area contributed by atoms with E-state index in [9.17, 15) is 14.7 Å². The van der Waals surface area contributed by atoms with E-state index in [2.05, 4.69) is 18.5 Å². The maximum absolute atomic E-state index is 12.2. The lowest BCUT2D eigenvalue weighted by Crippen LogP contribution is -2.35. The fourth-order valence-electron chi connectivity index (χ4n) is 3.11. The number of amides is 1. The first-order valence-electron chi connectivity index (χ1n) is 8.09. The molecule has 0 aromatic heterocycles. The molecule has 0 aromatic carbocycles. The molecule has 1 fully saturated rings. The zero-order chi connectivity index (χ0) is 15.7. The topological polar surface area (TPSA) is 66.4 Å². The van der Waals surface area contributed by atoms with Gasteiger partial charge in [0.05, 0.1) is 11.8 Å². The molecule has 122 valence electrons. The van der Waals surface area contributed by atoms with Crippen molar-refractivity contribution < 1.29 is 14.7 Å². The summed E-state index contributed by atoms with van der Waals surface area (Å²) in [5.41, 5.74) is 0. The predicted octanol–water partition coefficient (Wildman–Crippen LogP) is 3.16. The first-order valence-corrected chi connectivity index (χ1v) is 9.49. The van der Waals surface area contributed by atoms with Gasteiger partial charge < -0.3 is 10.4 Å². The van der Waals surface area contributed by atoms with Gasteiger partial charge in [0.15, 0.2) is 0 Å². The summed E-state index contributed by atoms with van der Waals surface area (Å²) < 4.78 is 0. The monoisotopic (exact) mass is 315 g/mol. The fraction of sp³-hybridized carbons (Fsp3) is 0.875. The van der Waals surface area contributed by atoms with E-state index >= 15 is 0 Å². The van der Waals surface area contributed by atoms with Crippen LogP contribution in [0.15, 0.2) is 0 Å². The van der Waals surface area contributed by atoms with Gasteiger partial charge in [0, 0.05) is 6.54 Å². The number of unbranched alkanes of at least 4 members (excludes halogenated alkanes) is 3.